The predicted octanol–water partition coefficient (Wildman–Crippen LogP) is 3.88. The first-order valence-corrected chi connectivity index (χ1v) is 9.82. The van der Waals surface area contributed by atoms with Gasteiger partial charge in [-0.3, -0.25) is 14.8 Å². The minimum Gasteiger partial charge on any atom is -0.497 e. The number of ether oxygens (including phenoxy) is 1. The number of hydrogen-bond acceptors (Lipinski definition) is 5. The average molecular weight is 388 g/mol. The first kappa shape index (κ1) is 19.1. The van der Waals surface area contributed by atoms with E-state index in [-0.39, 0.29) is 11.8 Å². The van der Waals surface area contributed by atoms with Crippen LogP contribution in [-0.2, 0) is 0 Å². The van der Waals surface area contributed by atoms with Gasteiger partial charge < -0.3 is 9.64 Å². The summed E-state index contributed by atoms with van der Waals surface area (Å²) in [5.74, 6) is 0.984. The minimum absolute atomic E-state index is 0.0640. The fourth-order valence-corrected chi connectivity index (χ4v) is 3.83. The number of methoxy groups -OCH3 is 1. The van der Waals surface area contributed by atoms with Crippen molar-refractivity contribution in [2.45, 2.75) is 25.7 Å². The molecule has 6 nitrogen and oxygen atoms in total. The van der Waals surface area contributed by atoms with E-state index in [0.717, 1.165) is 47.7 Å². The van der Waals surface area contributed by atoms with Crippen molar-refractivity contribution in [2.24, 2.45) is 0 Å². The summed E-state index contributed by atoms with van der Waals surface area (Å²) in [5, 5.41) is 0. The van der Waals surface area contributed by atoms with Crippen LogP contribution in [0.25, 0.3) is 11.1 Å². The van der Waals surface area contributed by atoms with Crippen molar-refractivity contribution in [2.75, 3.05) is 20.2 Å². The van der Waals surface area contributed by atoms with Crippen LogP contribution in [0.4, 0.5) is 0 Å². The highest BCUT2D eigenvalue weighted by molar-refractivity contribution is 5.92. The topological polar surface area (TPSA) is 68.2 Å². The molecule has 1 atom stereocenters. The number of carbonyl (C=O) groups is 1. The summed E-state index contributed by atoms with van der Waals surface area (Å²) in [4.78, 5) is 27.6. The van der Waals surface area contributed by atoms with Crippen LogP contribution >= 0.6 is 0 Å². The lowest BCUT2D eigenvalue weighted by Gasteiger charge is -2.32. The third-order valence-electron chi connectivity index (χ3n) is 5.31. The fraction of sp³-hybridized carbons (Fsp3) is 0.304. The molecule has 1 amide bonds. The number of hydrogen-bond donors (Lipinski definition) is 0. The number of likely N-dealkylation sites (tertiary alicyclic amines) is 1. The second kappa shape index (κ2) is 8.39. The maximum atomic E-state index is 12.8. The zero-order chi connectivity index (χ0) is 20.2. The van der Waals surface area contributed by atoms with Crippen LogP contribution in [-0.4, -0.2) is 46.0 Å². The number of nitrogens with zero attached hydrogens (tertiary/aromatic N) is 4. The quantitative estimate of drug-likeness (QED) is 0.679. The van der Waals surface area contributed by atoms with Crippen molar-refractivity contribution in [1.82, 2.24) is 19.9 Å². The van der Waals surface area contributed by atoms with Crippen LogP contribution in [0.15, 0.2) is 55.0 Å². The summed E-state index contributed by atoms with van der Waals surface area (Å²) in [6.45, 7) is 3.40. The van der Waals surface area contributed by atoms with Gasteiger partial charge >= 0.3 is 0 Å². The van der Waals surface area contributed by atoms with Crippen molar-refractivity contribution >= 4 is 5.91 Å². The van der Waals surface area contributed by atoms with Gasteiger partial charge in [0.25, 0.3) is 5.91 Å². The van der Waals surface area contributed by atoms with Crippen LogP contribution in [0.3, 0.4) is 0 Å². The van der Waals surface area contributed by atoms with E-state index in [1.54, 1.807) is 19.5 Å². The van der Waals surface area contributed by atoms with Crippen LogP contribution in [0.1, 0.15) is 40.6 Å². The Morgan fingerprint density at radius 2 is 1.97 bits per heavy atom. The molecule has 1 saturated heterocycles. The molecule has 148 valence electrons. The number of rotatable bonds is 4. The number of aromatic nitrogens is 3. The highest BCUT2D eigenvalue weighted by Gasteiger charge is 2.27. The molecule has 1 aromatic carbocycles. The van der Waals surface area contributed by atoms with Gasteiger partial charge in [-0.25, -0.2) is 4.98 Å². The van der Waals surface area contributed by atoms with Crippen molar-refractivity contribution in [1.29, 1.82) is 0 Å². The van der Waals surface area contributed by atoms with Gasteiger partial charge in [0, 0.05) is 42.8 Å². The summed E-state index contributed by atoms with van der Waals surface area (Å²) in [6, 6.07) is 12.3. The lowest BCUT2D eigenvalue weighted by atomic mass is 9.92. The standard InChI is InChI=1S/C23H24N4O2/c1-16-12-19(17-5-7-20(29-2)8-6-17)13-21(26-16)18-4-3-11-27(15-18)23(28)22-14-24-9-10-25-22/h5-10,12-14,18H,3-4,11,15H2,1-2H3/t18-/m1/s1. The Labute approximate surface area is 170 Å². The van der Waals surface area contributed by atoms with Crippen molar-refractivity contribution in [3.63, 3.8) is 0 Å². The van der Waals surface area contributed by atoms with E-state index >= 15 is 0 Å². The highest BCUT2D eigenvalue weighted by Crippen LogP contribution is 2.30. The van der Waals surface area contributed by atoms with Gasteiger partial charge in [-0.1, -0.05) is 12.1 Å². The number of aryl methyl sites for hydroxylation is 1. The predicted molar refractivity (Wildman–Crippen MR) is 111 cm³/mol. The molecule has 0 spiro atoms. The SMILES string of the molecule is COc1ccc(-c2cc(C)nc([C@@H]3CCCN(C(=O)c4cnccn4)C3)c2)cc1. The summed E-state index contributed by atoms with van der Waals surface area (Å²) in [6.07, 6.45) is 6.62. The molecular formula is C23H24N4O2. The molecule has 3 aromatic rings. The van der Waals surface area contributed by atoms with Crippen LogP contribution in [0, 0.1) is 6.92 Å². The molecule has 6 heteroatoms. The molecule has 2 aromatic heterocycles. The van der Waals surface area contributed by atoms with E-state index < -0.39 is 0 Å². The van der Waals surface area contributed by atoms with Gasteiger partial charge in [-0.15, -0.1) is 0 Å². The molecule has 0 unspecified atom stereocenters. The molecule has 4 rings (SSSR count). The summed E-state index contributed by atoms with van der Waals surface area (Å²) < 4.78 is 5.26. The molecule has 29 heavy (non-hydrogen) atoms. The molecule has 0 N–H and O–H groups in total. The Morgan fingerprint density at radius 3 is 2.69 bits per heavy atom. The monoisotopic (exact) mass is 388 g/mol. The molecule has 0 saturated carbocycles. The third-order valence-corrected chi connectivity index (χ3v) is 5.31. The zero-order valence-corrected chi connectivity index (χ0v) is 16.7. The third kappa shape index (κ3) is 4.26. The smallest absolute Gasteiger partial charge is 0.274 e. The Morgan fingerprint density at radius 1 is 1.14 bits per heavy atom. The van der Waals surface area contributed by atoms with Gasteiger partial charge in [-0.05, 0) is 55.2 Å². The first-order chi connectivity index (χ1) is 14.1. The zero-order valence-electron chi connectivity index (χ0n) is 16.7. The second-order valence-electron chi connectivity index (χ2n) is 7.33. The number of pyridine rings is 1. The lowest BCUT2D eigenvalue weighted by Crippen LogP contribution is -2.39. The molecule has 0 aliphatic carbocycles. The van der Waals surface area contributed by atoms with E-state index in [1.807, 2.05) is 24.0 Å². The molecular weight excluding hydrogens is 364 g/mol. The molecule has 1 fully saturated rings. The van der Waals surface area contributed by atoms with Crippen molar-refractivity contribution in [3.8, 4) is 16.9 Å². The van der Waals surface area contributed by atoms with E-state index in [0.29, 0.717) is 12.2 Å². The number of carbonyl (C=O) groups excluding carboxylic acids is 1. The van der Waals surface area contributed by atoms with Gasteiger partial charge in [0.05, 0.1) is 13.3 Å². The second-order valence-corrected chi connectivity index (χ2v) is 7.33. The molecule has 0 radical (unpaired) electrons. The number of amides is 1. The Bertz CT molecular complexity index is 990. The van der Waals surface area contributed by atoms with Crippen LogP contribution in [0.2, 0.25) is 0 Å². The largest absolute Gasteiger partial charge is 0.497 e. The normalized spacial score (nSPS) is 16.5. The van der Waals surface area contributed by atoms with E-state index in [9.17, 15) is 4.79 Å². The summed E-state index contributed by atoms with van der Waals surface area (Å²) >= 11 is 0. The maximum absolute atomic E-state index is 12.8. The van der Waals surface area contributed by atoms with E-state index in [2.05, 4.69) is 34.2 Å². The molecule has 1 aliphatic heterocycles. The van der Waals surface area contributed by atoms with Gasteiger partial charge in [0.1, 0.15) is 11.4 Å². The number of piperidine rings is 1. The number of benzene rings is 1. The molecule has 0 bridgehead atoms. The molecule has 3 heterocycles. The Balaban J connectivity index is 1.57. The van der Waals surface area contributed by atoms with Crippen molar-refractivity contribution in [3.05, 3.63) is 72.1 Å². The lowest BCUT2D eigenvalue weighted by molar-refractivity contribution is 0.0699. The van der Waals surface area contributed by atoms with E-state index in [4.69, 9.17) is 9.72 Å². The first-order valence-electron chi connectivity index (χ1n) is 9.82. The maximum Gasteiger partial charge on any atom is 0.274 e. The molecule has 1 aliphatic rings. The average Bonchev–Trinajstić information content (AvgIpc) is 2.79. The van der Waals surface area contributed by atoms with E-state index in [1.165, 1.54) is 6.20 Å². The van der Waals surface area contributed by atoms with Gasteiger partial charge in [-0.2, -0.15) is 0 Å². The highest BCUT2D eigenvalue weighted by atomic mass is 16.5. The fourth-order valence-electron chi connectivity index (χ4n) is 3.83. The Kier molecular flexibility index (Phi) is 5.51. The van der Waals surface area contributed by atoms with Gasteiger partial charge in [0.2, 0.25) is 0 Å². The van der Waals surface area contributed by atoms with Crippen molar-refractivity contribution < 1.29 is 9.53 Å². The van der Waals surface area contributed by atoms with Gasteiger partial charge in [0.15, 0.2) is 0 Å². The minimum atomic E-state index is -0.0640. The van der Waals surface area contributed by atoms with Crippen LogP contribution < -0.4 is 4.74 Å². The summed E-state index contributed by atoms with van der Waals surface area (Å²) in [5.41, 5.74) is 4.66. The Hall–Kier alpha value is -3.28. The van der Waals surface area contributed by atoms with Crippen LogP contribution in [0.5, 0.6) is 5.75 Å². The summed E-state index contributed by atoms with van der Waals surface area (Å²) in [7, 11) is 1.67.